The van der Waals surface area contributed by atoms with Crippen LogP contribution in [0.1, 0.15) is 6.92 Å². The van der Waals surface area contributed by atoms with Crippen LogP contribution in [0.15, 0.2) is 30.3 Å². The highest BCUT2D eigenvalue weighted by Crippen LogP contribution is 2.01. The standard InChI is InChI=1S/C7H9N.C4H11NO/c1-8-7-5-3-2-4-6-7;1-2-5-3-4-6/h2-6,8H,1H3;5-6H,2-4H2,1H3. The Balaban J connectivity index is 0.000000255. The number of anilines is 1. The molecule has 0 bridgehead atoms. The van der Waals surface area contributed by atoms with Gasteiger partial charge in [-0.25, -0.2) is 0 Å². The maximum Gasteiger partial charge on any atom is 0.0555 e. The topological polar surface area (TPSA) is 44.3 Å². The Bertz CT molecular complexity index is 198. The molecule has 1 aromatic rings. The average Bonchev–Trinajstić information content (AvgIpc) is 2.28. The van der Waals surface area contributed by atoms with Gasteiger partial charge in [-0.15, -0.1) is 0 Å². The van der Waals surface area contributed by atoms with Gasteiger partial charge in [0.1, 0.15) is 0 Å². The molecular formula is C11H20N2O. The molecule has 3 N–H and O–H groups in total. The molecule has 3 nitrogen and oxygen atoms in total. The van der Waals surface area contributed by atoms with E-state index in [1.54, 1.807) is 0 Å². The number of likely N-dealkylation sites (N-methyl/N-ethyl adjacent to an activating group) is 1. The fourth-order valence-corrected chi connectivity index (χ4v) is 0.861. The molecule has 0 aliphatic rings. The molecule has 0 aliphatic carbocycles. The highest BCUT2D eigenvalue weighted by atomic mass is 16.3. The maximum atomic E-state index is 8.13. The van der Waals surface area contributed by atoms with Gasteiger partial charge in [-0.2, -0.15) is 0 Å². The number of hydrogen-bond acceptors (Lipinski definition) is 3. The molecule has 0 atom stereocenters. The zero-order valence-electron chi connectivity index (χ0n) is 8.96. The number of hydrogen-bond donors (Lipinski definition) is 3. The molecule has 0 heterocycles. The monoisotopic (exact) mass is 196 g/mol. The number of benzene rings is 1. The lowest BCUT2D eigenvalue weighted by Crippen LogP contribution is -2.16. The van der Waals surface area contributed by atoms with Gasteiger partial charge in [-0.3, -0.25) is 0 Å². The van der Waals surface area contributed by atoms with E-state index in [2.05, 4.69) is 10.6 Å². The van der Waals surface area contributed by atoms with Gasteiger partial charge in [-0.05, 0) is 18.7 Å². The third kappa shape index (κ3) is 7.58. The Labute approximate surface area is 86.2 Å². The average molecular weight is 196 g/mol. The van der Waals surface area contributed by atoms with Crippen LogP contribution in [0.25, 0.3) is 0 Å². The Kier molecular flexibility index (Phi) is 9.26. The Morgan fingerprint density at radius 3 is 2.14 bits per heavy atom. The van der Waals surface area contributed by atoms with E-state index >= 15 is 0 Å². The molecule has 0 amide bonds. The van der Waals surface area contributed by atoms with Crippen LogP contribution in [-0.2, 0) is 0 Å². The van der Waals surface area contributed by atoms with E-state index in [0.29, 0.717) is 0 Å². The second-order valence-electron chi connectivity index (χ2n) is 2.69. The van der Waals surface area contributed by atoms with Crippen molar-refractivity contribution in [2.24, 2.45) is 0 Å². The van der Waals surface area contributed by atoms with Crippen LogP contribution < -0.4 is 10.6 Å². The highest BCUT2D eigenvalue weighted by molar-refractivity contribution is 5.41. The van der Waals surface area contributed by atoms with Crippen molar-refractivity contribution in [1.29, 1.82) is 0 Å². The number of aliphatic hydroxyl groups is 1. The Morgan fingerprint density at radius 2 is 1.86 bits per heavy atom. The molecule has 0 unspecified atom stereocenters. The van der Waals surface area contributed by atoms with E-state index in [-0.39, 0.29) is 6.61 Å². The summed E-state index contributed by atoms with van der Waals surface area (Å²) in [6.45, 7) is 3.92. The van der Waals surface area contributed by atoms with Crippen LogP contribution in [0.5, 0.6) is 0 Å². The van der Waals surface area contributed by atoms with E-state index in [1.165, 1.54) is 0 Å². The molecule has 0 fully saturated rings. The lowest BCUT2D eigenvalue weighted by atomic mass is 10.3. The molecule has 0 radical (unpaired) electrons. The summed E-state index contributed by atoms with van der Waals surface area (Å²) < 4.78 is 0. The number of para-hydroxylation sites is 1. The molecule has 0 aromatic heterocycles. The van der Waals surface area contributed by atoms with E-state index in [4.69, 9.17) is 5.11 Å². The maximum absolute atomic E-state index is 8.13. The molecule has 0 spiro atoms. The minimum Gasteiger partial charge on any atom is -0.395 e. The first-order valence-electron chi connectivity index (χ1n) is 4.89. The van der Waals surface area contributed by atoms with Crippen LogP contribution in [0.3, 0.4) is 0 Å². The van der Waals surface area contributed by atoms with Crippen molar-refractivity contribution in [3.8, 4) is 0 Å². The third-order valence-corrected chi connectivity index (χ3v) is 1.60. The van der Waals surface area contributed by atoms with Crippen molar-refractivity contribution < 1.29 is 5.11 Å². The van der Waals surface area contributed by atoms with Gasteiger partial charge in [-0.1, -0.05) is 25.1 Å². The smallest absolute Gasteiger partial charge is 0.0555 e. The summed E-state index contributed by atoms with van der Waals surface area (Å²) in [6.07, 6.45) is 0. The van der Waals surface area contributed by atoms with Gasteiger partial charge in [0.15, 0.2) is 0 Å². The first kappa shape index (κ1) is 12.9. The van der Waals surface area contributed by atoms with E-state index in [0.717, 1.165) is 18.8 Å². The van der Waals surface area contributed by atoms with Crippen LogP contribution in [-0.4, -0.2) is 31.9 Å². The van der Waals surface area contributed by atoms with Gasteiger partial charge in [0.25, 0.3) is 0 Å². The summed E-state index contributed by atoms with van der Waals surface area (Å²) >= 11 is 0. The highest BCUT2D eigenvalue weighted by Gasteiger charge is 1.77. The fraction of sp³-hybridized carbons (Fsp3) is 0.455. The zero-order chi connectivity index (χ0) is 10.6. The second kappa shape index (κ2) is 10.0. The summed E-state index contributed by atoms with van der Waals surface area (Å²) in [5.74, 6) is 0. The van der Waals surface area contributed by atoms with Crippen molar-refractivity contribution in [1.82, 2.24) is 5.32 Å². The quantitative estimate of drug-likeness (QED) is 0.636. The largest absolute Gasteiger partial charge is 0.395 e. The first-order chi connectivity index (χ1) is 6.85. The van der Waals surface area contributed by atoms with Crippen molar-refractivity contribution in [2.75, 3.05) is 32.1 Å². The molecule has 0 saturated carbocycles. The summed E-state index contributed by atoms with van der Waals surface area (Å²) in [5.41, 5.74) is 1.16. The van der Waals surface area contributed by atoms with E-state index in [9.17, 15) is 0 Å². The Morgan fingerprint density at radius 1 is 1.21 bits per heavy atom. The third-order valence-electron chi connectivity index (χ3n) is 1.60. The molecule has 1 aromatic carbocycles. The normalized spacial score (nSPS) is 8.79. The van der Waals surface area contributed by atoms with Crippen molar-refractivity contribution in [3.63, 3.8) is 0 Å². The van der Waals surface area contributed by atoms with E-state index in [1.807, 2.05) is 44.3 Å². The Hall–Kier alpha value is -1.06. The molecule has 0 saturated heterocycles. The second-order valence-corrected chi connectivity index (χ2v) is 2.69. The lowest BCUT2D eigenvalue weighted by molar-refractivity contribution is 0.293. The molecule has 3 heteroatoms. The SMILES string of the molecule is CCNCCO.CNc1ccccc1. The zero-order valence-corrected chi connectivity index (χ0v) is 8.96. The molecule has 1 rings (SSSR count). The van der Waals surface area contributed by atoms with Crippen LogP contribution in [0.4, 0.5) is 5.69 Å². The van der Waals surface area contributed by atoms with E-state index < -0.39 is 0 Å². The molecular weight excluding hydrogens is 176 g/mol. The first-order valence-corrected chi connectivity index (χ1v) is 4.89. The fourth-order valence-electron chi connectivity index (χ4n) is 0.861. The summed E-state index contributed by atoms with van der Waals surface area (Å²) in [5, 5.41) is 14.1. The van der Waals surface area contributed by atoms with Gasteiger partial charge in [0.2, 0.25) is 0 Å². The van der Waals surface area contributed by atoms with Crippen LogP contribution >= 0.6 is 0 Å². The minimum absolute atomic E-state index is 0.244. The predicted molar refractivity (Wildman–Crippen MR) is 61.6 cm³/mol. The molecule has 0 aliphatic heterocycles. The molecule has 14 heavy (non-hydrogen) atoms. The van der Waals surface area contributed by atoms with Gasteiger partial charge >= 0.3 is 0 Å². The summed E-state index contributed by atoms with van der Waals surface area (Å²) in [4.78, 5) is 0. The van der Waals surface area contributed by atoms with Gasteiger partial charge in [0, 0.05) is 19.3 Å². The van der Waals surface area contributed by atoms with Crippen molar-refractivity contribution in [3.05, 3.63) is 30.3 Å². The number of nitrogens with one attached hydrogen (secondary N) is 2. The van der Waals surface area contributed by atoms with Crippen LogP contribution in [0.2, 0.25) is 0 Å². The molecule has 80 valence electrons. The van der Waals surface area contributed by atoms with Gasteiger partial charge < -0.3 is 15.7 Å². The predicted octanol–water partition coefficient (Wildman–Crippen LogP) is 1.32. The number of aliphatic hydroxyl groups excluding tert-OH is 1. The lowest BCUT2D eigenvalue weighted by Gasteiger charge is -1.94. The van der Waals surface area contributed by atoms with Crippen molar-refractivity contribution in [2.45, 2.75) is 6.92 Å². The van der Waals surface area contributed by atoms with Crippen molar-refractivity contribution >= 4 is 5.69 Å². The van der Waals surface area contributed by atoms with Crippen LogP contribution in [0, 0.1) is 0 Å². The number of rotatable bonds is 4. The minimum atomic E-state index is 0.244. The van der Waals surface area contributed by atoms with Gasteiger partial charge in [0.05, 0.1) is 6.61 Å². The summed E-state index contributed by atoms with van der Waals surface area (Å²) in [7, 11) is 1.91. The summed E-state index contributed by atoms with van der Waals surface area (Å²) in [6, 6.07) is 10.1.